The zero-order valence-electron chi connectivity index (χ0n) is 11.0. The van der Waals surface area contributed by atoms with Gasteiger partial charge < -0.3 is 5.32 Å². The van der Waals surface area contributed by atoms with E-state index in [2.05, 4.69) is 44.4 Å². The highest BCUT2D eigenvalue weighted by Crippen LogP contribution is 2.25. The van der Waals surface area contributed by atoms with Gasteiger partial charge in [-0.15, -0.1) is 0 Å². The van der Waals surface area contributed by atoms with E-state index in [0.717, 1.165) is 27.0 Å². The van der Waals surface area contributed by atoms with Crippen molar-refractivity contribution in [2.45, 2.75) is 19.4 Å². The zero-order valence-corrected chi connectivity index (χ0v) is 13.3. The van der Waals surface area contributed by atoms with Crippen molar-refractivity contribution in [2.24, 2.45) is 0 Å². The van der Waals surface area contributed by atoms with E-state index in [4.69, 9.17) is 11.6 Å². The number of hydrogen-bond donors (Lipinski definition) is 1. The Bertz CT molecular complexity index is 572. The van der Waals surface area contributed by atoms with Gasteiger partial charge in [0, 0.05) is 27.9 Å². The molecule has 0 fully saturated rings. The smallest absolute Gasteiger partial charge is 0.0441 e. The van der Waals surface area contributed by atoms with Gasteiger partial charge in [-0.25, -0.2) is 0 Å². The van der Waals surface area contributed by atoms with E-state index >= 15 is 0 Å². The molecule has 0 amide bonds. The van der Waals surface area contributed by atoms with E-state index in [1.54, 1.807) is 6.20 Å². The maximum atomic E-state index is 6.30. The topological polar surface area (TPSA) is 24.9 Å². The highest BCUT2D eigenvalue weighted by molar-refractivity contribution is 9.10. The van der Waals surface area contributed by atoms with Crippen molar-refractivity contribution in [1.29, 1.82) is 0 Å². The Balaban J connectivity index is 2.24. The fraction of sp³-hybridized carbons (Fsp3) is 0.267. The number of halogens is 2. The molecular formula is C15H16BrClN2. The van der Waals surface area contributed by atoms with Gasteiger partial charge in [-0.2, -0.15) is 0 Å². The lowest BCUT2D eigenvalue weighted by molar-refractivity contribution is 0.589. The number of pyridine rings is 1. The summed E-state index contributed by atoms with van der Waals surface area (Å²) in [6.45, 7) is 2.05. The third kappa shape index (κ3) is 3.78. The Morgan fingerprint density at radius 1 is 1.32 bits per heavy atom. The molecule has 0 bridgehead atoms. The lowest BCUT2D eigenvalue weighted by atomic mass is 9.99. The molecule has 1 aromatic heterocycles. The first-order chi connectivity index (χ1) is 9.10. The average molecular weight is 340 g/mol. The normalized spacial score (nSPS) is 12.4. The molecule has 2 aromatic rings. The molecule has 0 aliphatic heterocycles. The monoisotopic (exact) mass is 338 g/mol. The van der Waals surface area contributed by atoms with Crippen LogP contribution in [0.15, 0.2) is 41.1 Å². The summed E-state index contributed by atoms with van der Waals surface area (Å²) in [5.41, 5.74) is 3.47. The van der Waals surface area contributed by atoms with E-state index in [0.29, 0.717) is 0 Å². The average Bonchev–Trinajstić information content (AvgIpc) is 2.38. The first-order valence-corrected chi connectivity index (χ1v) is 7.30. The second kappa shape index (κ2) is 6.51. The number of aryl methyl sites for hydroxylation is 1. The van der Waals surface area contributed by atoms with Crippen molar-refractivity contribution in [1.82, 2.24) is 10.3 Å². The highest BCUT2D eigenvalue weighted by atomic mass is 79.9. The Morgan fingerprint density at radius 2 is 2.11 bits per heavy atom. The number of likely N-dealkylation sites (N-methyl/N-ethyl adjacent to an activating group) is 1. The summed E-state index contributed by atoms with van der Waals surface area (Å²) in [5.74, 6) is 0. The second-order valence-electron chi connectivity index (χ2n) is 4.58. The van der Waals surface area contributed by atoms with Crippen molar-refractivity contribution in [2.75, 3.05) is 7.05 Å². The molecule has 0 saturated carbocycles. The van der Waals surface area contributed by atoms with E-state index in [9.17, 15) is 0 Å². The van der Waals surface area contributed by atoms with Crippen molar-refractivity contribution in [3.05, 3.63) is 62.8 Å². The molecule has 0 aliphatic carbocycles. The lowest BCUT2D eigenvalue weighted by Crippen LogP contribution is -2.19. The second-order valence-corrected chi connectivity index (χ2v) is 5.90. The Hall–Kier alpha value is -0.900. The first-order valence-electron chi connectivity index (χ1n) is 6.13. The standard InChI is InChI=1S/C15H16BrClN2/c1-10-3-4-11(14(17)5-10)7-15(18-2)12-6-13(16)9-19-8-12/h3-6,8-9,15,18H,7H2,1-2H3. The molecule has 2 nitrogen and oxygen atoms in total. The minimum Gasteiger partial charge on any atom is -0.313 e. The van der Waals surface area contributed by atoms with Crippen LogP contribution in [0.3, 0.4) is 0 Å². The van der Waals surface area contributed by atoms with Gasteiger partial charge in [0.25, 0.3) is 0 Å². The molecule has 1 aromatic carbocycles. The summed E-state index contributed by atoms with van der Waals surface area (Å²) in [7, 11) is 1.95. The molecule has 0 aliphatic rings. The summed E-state index contributed by atoms with van der Waals surface area (Å²) in [6.07, 6.45) is 4.51. The van der Waals surface area contributed by atoms with E-state index in [1.807, 2.05) is 26.2 Å². The lowest BCUT2D eigenvalue weighted by Gasteiger charge is -2.17. The molecule has 100 valence electrons. The van der Waals surface area contributed by atoms with Gasteiger partial charge in [0.2, 0.25) is 0 Å². The first kappa shape index (κ1) is 14.5. The third-order valence-corrected chi connectivity index (χ3v) is 3.89. The molecule has 0 saturated heterocycles. The summed E-state index contributed by atoms with van der Waals surface area (Å²) in [6, 6.07) is 8.46. The van der Waals surface area contributed by atoms with Crippen LogP contribution in [0.4, 0.5) is 0 Å². The van der Waals surface area contributed by atoms with Crippen LogP contribution in [-0.4, -0.2) is 12.0 Å². The maximum Gasteiger partial charge on any atom is 0.0441 e. The SMILES string of the molecule is CNC(Cc1ccc(C)cc1Cl)c1cncc(Br)c1. The van der Waals surface area contributed by atoms with Crippen LogP contribution in [-0.2, 0) is 6.42 Å². The summed E-state index contributed by atoms with van der Waals surface area (Å²) >= 11 is 9.75. The quantitative estimate of drug-likeness (QED) is 0.898. The zero-order chi connectivity index (χ0) is 13.8. The Labute approximate surface area is 127 Å². The number of aromatic nitrogens is 1. The van der Waals surface area contributed by atoms with Gasteiger partial charge in [-0.05, 0) is 65.1 Å². The van der Waals surface area contributed by atoms with Crippen LogP contribution < -0.4 is 5.32 Å². The molecule has 19 heavy (non-hydrogen) atoms. The van der Waals surface area contributed by atoms with Crippen molar-refractivity contribution in [3.8, 4) is 0 Å². The van der Waals surface area contributed by atoms with Gasteiger partial charge in [0.1, 0.15) is 0 Å². The Morgan fingerprint density at radius 3 is 2.74 bits per heavy atom. The minimum absolute atomic E-state index is 0.199. The Kier molecular flexibility index (Phi) is 4.97. The number of nitrogens with one attached hydrogen (secondary N) is 1. The van der Waals surface area contributed by atoms with E-state index in [1.165, 1.54) is 5.56 Å². The molecular weight excluding hydrogens is 324 g/mol. The van der Waals surface area contributed by atoms with Gasteiger partial charge in [-0.3, -0.25) is 4.98 Å². The van der Waals surface area contributed by atoms with Gasteiger partial charge in [-0.1, -0.05) is 23.7 Å². The molecule has 2 rings (SSSR count). The highest BCUT2D eigenvalue weighted by Gasteiger charge is 2.13. The van der Waals surface area contributed by atoms with Crippen molar-refractivity contribution in [3.63, 3.8) is 0 Å². The van der Waals surface area contributed by atoms with Gasteiger partial charge in [0.15, 0.2) is 0 Å². The molecule has 4 heteroatoms. The fourth-order valence-electron chi connectivity index (χ4n) is 2.04. The summed E-state index contributed by atoms with van der Waals surface area (Å²) in [4.78, 5) is 4.21. The molecule has 0 radical (unpaired) electrons. The summed E-state index contributed by atoms with van der Waals surface area (Å²) in [5, 5.41) is 4.14. The molecule has 1 heterocycles. The van der Waals surface area contributed by atoms with Crippen LogP contribution >= 0.6 is 27.5 Å². The largest absolute Gasteiger partial charge is 0.313 e. The van der Waals surface area contributed by atoms with Crippen LogP contribution in [0.25, 0.3) is 0 Å². The van der Waals surface area contributed by atoms with Gasteiger partial charge >= 0.3 is 0 Å². The van der Waals surface area contributed by atoms with Crippen LogP contribution in [0, 0.1) is 6.92 Å². The van der Waals surface area contributed by atoms with E-state index < -0.39 is 0 Å². The van der Waals surface area contributed by atoms with Crippen molar-refractivity contribution >= 4 is 27.5 Å². The summed E-state index contributed by atoms with van der Waals surface area (Å²) < 4.78 is 0.986. The minimum atomic E-state index is 0.199. The molecule has 0 spiro atoms. The van der Waals surface area contributed by atoms with Crippen LogP contribution in [0.5, 0.6) is 0 Å². The van der Waals surface area contributed by atoms with Gasteiger partial charge in [0.05, 0.1) is 0 Å². The number of hydrogen-bond acceptors (Lipinski definition) is 2. The molecule has 1 atom stereocenters. The predicted molar refractivity (Wildman–Crippen MR) is 83.6 cm³/mol. The van der Waals surface area contributed by atoms with Crippen LogP contribution in [0.1, 0.15) is 22.7 Å². The third-order valence-electron chi connectivity index (χ3n) is 3.11. The van der Waals surface area contributed by atoms with Crippen LogP contribution in [0.2, 0.25) is 5.02 Å². The molecule has 1 unspecified atom stereocenters. The predicted octanol–water partition coefficient (Wildman–Crippen LogP) is 4.31. The molecule has 1 N–H and O–H groups in total. The fourth-order valence-corrected chi connectivity index (χ4v) is 2.74. The van der Waals surface area contributed by atoms with Crippen molar-refractivity contribution < 1.29 is 0 Å². The number of nitrogens with zero attached hydrogens (tertiary/aromatic N) is 1. The maximum absolute atomic E-state index is 6.30. The number of benzene rings is 1. The number of rotatable bonds is 4. The van der Waals surface area contributed by atoms with E-state index in [-0.39, 0.29) is 6.04 Å².